The van der Waals surface area contributed by atoms with Gasteiger partial charge in [-0.1, -0.05) is 0 Å². The van der Waals surface area contributed by atoms with Gasteiger partial charge in [-0.05, 0) is 0 Å². The van der Waals surface area contributed by atoms with Crippen molar-refractivity contribution >= 4 is 40.1 Å². The van der Waals surface area contributed by atoms with Gasteiger partial charge in [0, 0.05) is 0 Å². The summed E-state index contributed by atoms with van der Waals surface area (Å²) in [6.45, 7) is 0. The Balaban J connectivity index is 0. The summed E-state index contributed by atoms with van der Waals surface area (Å²) < 4.78 is 0. The van der Waals surface area contributed by atoms with E-state index in [0.29, 0.717) is 0 Å². The summed E-state index contributed by atoms with van der Waals surface area (Å²) in [5.74, 6) is 0. The van der Waals surface area contributed by atoms with Gasteiger partial charge >= 0.3 is 58.1 Å². The van der Waals surface area contributed by atoms with Gasteiger partial charge in [-0.3, -0.25) is 0 Å². The molecule has 0 fully saturated rings. The monoisotopic (exact) mass is 283 g/mol. The van der Waals surface area contributed by atoms with Crippen LogP contribution in [0, 0.1) is 0 Å². The summed E-state index contributed by atoms with van der Waals surface area (Å²) in [6.07, 6.45) is 0. The third kappa shape index (κ3) is 9.04. The molecular weight excluding hydrogens is 282 g/mol. The molecule has 0 heterocycles. The predicted octanol–water partition coefficient (Wildman–Crippen LogP) is 0.913. The van der Waals surface area contributed by atoms with Crippen molar-refractivity contribution in [1.82, 2.24) is 0 Å². The van der Waals surface area contributed by atoms with Gasteiger partial charge in [-0.25, -0.2) is 0 Å². The summed E-state index contributed by atoms with van der Waals surface area (Å²) in [4.78, 5) is 0. The fourth-order valence-corrected chi connectivity index (χ4v) is 0. The van der Waals surface area contributed by atoms with Crippen molar-refractivity contribution in [2.45, 2.75) is 0 Å². The van der Waals surface area contributed by atoms with Crippen molar-refractivity contribution in [3.63, 3.8) is 0 Å². The van der Waals surface area contributed by atoms with Crippen molar-refractivity contribution < 1.29 is 18.0 Å². The van der Waals surface area contributed by atoms with E-state index in [1.165, 1.54) is 39.1 Å². The van der Waals surface area contributed by atoms with E-state index in [2.05, 4.69) is 19.0 Å². The van der Waals surface area contributed by atoms with Gasteiger partial charge in [0.15, 0.2) is 0 Å². The molecule has 0 saturated heterocycles. The standard InChI is InChI=1S/Mo.2S.Sb. The molecule has 0 saturated carbocycles. The molecule has 0 aromatic heterocycles. The second-order valence-electron chi connectivity index (χ2n) is 0. The van der Waals surface area contributed by atoms with E-state index in [1.54, 1.807) is 0 Å². The van der Waals surface area contributed by atoms with Gasteiger partial charge in [0.1, 0.15) is 0 Å². The zero-order valence-electron chi connectivity index (χ0n) is 1.67. The SMILES string of the molecule is [S]=[Mo].[S]=[Sb]. The van der Waals surface area contributed by atoms with Crippen molar-refractivity contribution in [2.75, 3.05) is 0 Å². The van der Waals surface area contributed by atoms with Crippen LogP contribution < -0.4 is 0 Å². The number of hydrogen-bond donors (Lipinski definition) is 0. The Bertz CT molecular complexity index is 8.00. The second kappa shape index (κ2) is 20.3. The van der Waals surface area contributed by atoms with Crippen LogP contribution in [-0.2, 0) is 18.0 Å². The molecule has 0 N–H and O–H groups in total. The molecule has 0 atom stereocenters. The molecule has 0 aromatic rings. The van der Waals surface area contributed by atoms with Crippen LogP contribution in [0.1, 0.15) is 0 Å². The molecule has 0 rings (SSSR count). The first-order valence-corrected chi connectivity index (χ1v) is 6.63. The minimum absolute atomic E-state index is 1.33. The molecule has 1 radical (unpaired) electrons. The average Bonchev–Trinajstić information content (AvgIpc) is 1.50. The molecule has 4 heteroatoms. The Morgan fingerprint density at radius 1 is 1.25 bits per heavy atom. The third-order valence-electron chi connectivity index (χ3n) is 0. The molecule has 23 valence electrons. The zero-order valence-corrected chi connectivity index (χ0v) is 7.86. The minimum atomic E-state index is 1.33. The van der Waals surface area contributed by atoms with E-state index >= 15 is 0 Å². The molecule has 0 aromatic carbocycles. The zero-order chi connectivity index (χ0) is 4.00. The van der Waals surface area contributed by atoms with Crippen LogP contribution in [0.2, 0.25) is 0 Å². The van der Waals surface area contributed by atoms with Crippen LogP contribution in [0.3, 0.4) is 0 Å². The van der Waals surface area contributed by atoms with E-state index in [9.17, 15) is 0 Å². The van der Waals surface area contributed by atoms with E-state index in [0.717, 1.165) is 0 Å². The van der Waals surface area contributed by atoms with Crippen LogP contribution in [0.4, 0.5) is 0 Å². The third-order valence-corrected chi connectivity index (χ3v) is 0. The first-order chi connectivity index (χ1) is 2.00. The van der Waals surface area contributed by atoms with Gasteiger partial charge in [0.05, 0.1) is 0 Å². The fraction of sp³-hybridized carbons (Fsp3) is 0. The number of hydrogen-bond acceptors (Lipinski definition) is 2. The molecule has 0 amide bonds. The molecule has 0 aliphatic carbocycles. The van der Waals surface area contributed by atoms with Crippen LogP contribution in [-0.4, -0.2) is 21.1 Å². The van der Waals surface area contributed by atoms with Gasteiger partial charge in [0.2, 0.25) is 0 Å². The van der Waals surface area contributed by atoms with Crippen LogP contribution >= 0.6 is 19.0 Å². The van der Waals surface area contributed by atoms with Crippen LogP contribution in [0.15, 0.2) is 0 Å². The quantitative estimate of drug-likeness (QED) is 0.606. The van der Waals surface area contributed by atoms with Gasteiger partial charge in [-0.15, -0.1) is 0 Å². The molecule has 0 spiro atoms. The Kier molecular flexibility index (Phi) is 47.5. The Hall–Kier alpha value is 1.95. The Morgan fingerprint density at radius 3 is 1.25 bits per heavy atom. The summed E-state index contributed by atoms with van der Waals surface area (Å²) in [5, 5.41) is 0. The predicted molar refractivity (Wildman–Crippen MR) is 20.9 cm³/mol. The topological polar surface area (TPSA) is 0 Å². The van der Waals surface area contributed by atoms with E-state index in [4.69, 9.17) is 0 Å². The van der Waals surface area contributed by atoms with Gasteiger partial charge in [-0.2, -0.15) is 0 Å². The van der Waals surface area contributed by atoms with E-state index in [-0.39, 0.29) is 0 Å². The first-order valence-electron chi connectivity index (χ1n) is 0.349. The van der Waals surface area contributed by atoms with Crippen molar-refractivity contribution in [1.29, 1.82) is 0 Å². The molecule has 0 unspecified atom stereocenters. The van der Waals surface area contributed by atoms with Crippen LogP contribution in [0.25, 0.3) is 0 Å². The summed E-state index contributed by atoms with van der Waals surface area (Å²) in [6, 6.07) is 0. The van der Waals surface area contributed by atoms with Crippen LogP contribution in [0.5, 0.6) is 0 Å². The van der Waals surface area contributed by atoms with E-state index < -0.39 is 0 Å². The van der Waals surface area contributed by atoms with Crippen molar-refractivity contribution in [2.24, 2.45) is 0 Å². The van der Waals surface area contributed by atoms with Crippen molar-refractivity contribution in [3.8, 4) is 0 Å². The Labute approximate surface area is 57.3 Å². The number of rotatable bonds is 0. The fourth-order valence-electron chi connectivity index (χ4n) is 0. The van der Waals surface area contributed by atoms with E-state index in [1.807, 2.05) is 0 Å². The molecular formula is MoS2Sb. The molecule has 0 aliphatic heterocycles. The maximum atomic E-state index is 4.13. The maximum absolute atomic E-state index is 4.13. The summed E-state index contributed by atoms with van der Waals surface area (Å²) >= 11 is 2.87. The van der Waals surface area contributed by atoms with Crippen molar-refractivity contribution in [3.05, 3.63) is 0 Å². The van der Waals surface area contributed by atoms with Gasteiger partial charge < -0.3 is 0 Å². The molecule has 0 aliphatic rings. The van der Waals surface area contributed by atoms with Gasteiger partial charge in [0.25, 0.3) is 0 Å². The average molecular weight is 282 g/mol. The molecule has 0 nitrogen and oxygen atoms in total. The second-order valence-corrected chi connectivity index (χ2v) is 0. The molecule has 4 heavy (non-hydrogen) atoms. The molecule has 0 bridgehead atoms. The first kappa shape index (κ1) is 9.34. The normalized spacial score (nSPS) is 2.00. The summed E-state index contributed by atoms with van der Waals surface area (Å²) in [5.41, 5.74) is 0. The Morgan fingerprint density at radius 2 is 1.25 bits per heavy atom. The summed E-state index contributed by atoms with van der Waals surface area (Å²) in [7, 11) is 8.23.